The molecule has 0 aromatic carbocycles. The second kappa shape index (κ2) is 8.74. The molecule has 0 spiro atoms. The summed E-state index contributed by atoms with van der Waals surface area (Å²) < 4.78 is 10.7. The lowest BCUT2D eigenvalue weighted by molar-refractivity contribution is -0.120. The summed E-state index contributed by atoms with van der Waals surface area (Å²) in [6, 6.07) is -0.0419. The highest BCUT2D eigenvalue weighted by Gasteiger charge is 2.12. The van der Waals surface area contributed by atoms with Crippen molar-refractivity contribution in [3.63, 3.8) is 0 Å². The average Bonchev–Trinajstić information content (AvgIpc) is 2.21. The molecule has 0 aliphatic carbocycles. The van der Waals surface area contributed by atoms with E-state index in [4.69, 9.17) is 9.47 Å². The van der Waals surface area contributed by atoms with E-state index in [0.29, 0.717) is 26.1 Å². The topological polar surface area (TPSA) is 47.6 Å². The quantitative estimate of drug-likeness (QED) is 0.579. The average molecular weight is 215 g/mol. The molecule has 1 amide bonds. The Hall–Kier alpha value is -0.545. The van der Waals surface area contributed by atoms with E-state index in [1.807, 2.05) is 28.6 Å². The monoisotopic (exact) mass is 215 g/mol. The molecule has 0 aromatic heterocycles. The molecular formula is C10H22BNO3. The Morgan fingerprint density at radius 3 is 2.53 bits per heavy atom. The standard InChI is InChI=1S/C10H22BNO3/c1-4-14-6-9(7-15-8(2)3)12-10(13)5-11/h8-9H,4-7,11H2,1-3H3,(H,12,13). The molecule has 0 saturated carbocycles. The Morgan fingerprint density at radius 2 is 2.07 bits per heavy atom. The molecule has 0 rings (SSSR count). The Bertz CT molecular complexity index is 176. The van der Waals surface area contributed by atoms with Crippen LogP contribution in [-0.4, -0.2) is 45.7 Å². The summed E-state index contributed by atoms with van der Waals surface area (Å²) in [5, 5.41) is 2.87. The lowest BCUT2D eigenvalue weighted by Gasteiger charge is -2.19. The van der Waals surface area contributed by atoms with E-state index in [1.54, 1.807) is 0 Å². The zero-order chi connectivity index (χ0) is 11.7. The normalized spacial score (nSPS) is 12.8. The minimum Gasteiger partial charge on any atom is -0.380 e. The van der Waals surface area contributed by atoms with Gasteiger partial charge in [0.05, 0.1) is 25.4 Å². The molecule has 4 nitrogen and oxygen atoms in total. The van der Waals surface area contributed by atoms with Gasteiger partial charge in [-0.1, -0.05) is 0 Å². The van der Waals surface area contributed by atoms with Crippen LogP contribution in [0.25, 0.3) is 0 Å². The first-order chi connectivity index (χ1) is 7.10. The Kier molecular flexibility index (Phi) is 8.42. The third-order valence-corrected chi connectivity index (χ3v) is 1.84. The predicted octanol–water partition coefficient (Wildman–Crippen LogP) is -0.0159. The number of nitrogens with one attached hydrogen (secondary N) is 1. The van der Waals surface area contributed by atoms with Crippen LogP contribution in [0.2, 0.25) is 6.32 Å². The first kappa shape index (κ1) is 14.5. The second-order valence-corrected chi connectivity index (χ2v) is 3.66. The van der Waals surface area contributed by atoms with Crippen molar-refractivity contribution in [1.82, 2.24) is 5.32 Å². The molecule has 0 aliphatic rings. The number of rotatable bonds is 8. The van der Waals surface area contributed by atoms with Gasteiger partial charge in [-0.25, -0.2) is 0 Å². The summed E-state index contributed by atoms with van der Waals surface area (Å²) in [6.45, 7) is 7.54. The molecule has 0 bridgehead atoms. The minimum absolute atomic E-state index is 0.0343. The van der Waals surface area contributed by atoms with Gasteiger partial charge in [0.15, 0.2) is 0 Å². The van der Waals surface area contributed by atoms with Crippen LogP contribution in [0.5, 0.6) is 0 Å². The van der Waals surface area contributed by atoms with E-state index < -0.39 is 0 Å². The van der Waals surface area contributed by atoms with E-state index >= 15 is 0 Å². The van der Waals surface area contributed by atoms with Gasteiger partial charge >= 0.3 is 0 Å². The summed E-state index contributed by atoms with van der Waals surface area (Å²) in [7, 11) is 1.83. The Morgan fingerprint density at radius 1 is 1.40 bits per heavy atom. The van der Waals surface area contributed by atoms with Gasteiger partial charge in [-0.3, -0.25) is 4.79 Å². The van der Waals surface area contributed by atoms with Crippen molar-refractivity contribution in [2.75, 3.05) is 19.8 Å². The van der Waals surface area contributed by atoms with E-state index in [0.717, 1.165) is 0 Å². The van der Waals surface area contributed by atoms with E-state index in [9.17, 15) is 4.79 Å². The van der Waals surface area contributed by atoms with Crippen molar-refractivity contribution in [2.45, 2.75) is 39.2 Å². The van der Waals surface area contributed by atoms with Crippen LogP contribution in [0, 0.1) is 0 Å². The van der Waals surface area contributed by atoms with Gasteiger partial charge in [0.1, 0.15) is 7.85 Å². The lowest BCUT2D eigenvalue weighted by atomic mass is 10.0. The molecule has 1 unspecified atom stereocenters. The maximum atomic E-state index is 11.2. The van der Waals surface area contributed by atoms with Gasteiger partial charge in [0.25, 0.3) is 0 Å². The van der Waals surface area contributed by atoms with Crippen molar-refractivity contribution >= 4 is 13.8 Å². The number of hydrogen-bond acceptors (Lipinski definition) is 3. The van der Waals surface area contributed by atoms with E-state index in [1.165, 1.54) is 0 Å². The number of hydrogen-bond donors (Lipinski definition) is 1. The summed E-state index contributed by atoms with van der Waals surface area (Å²) in [5.41, 5.74) is 0. The summed E-state index contributed by atoms with van der Waals surface area (Å²) in [5.74, 6) is 0.0343. The first-order valence-electron chi connectivity index (χ1n) is 5.58. The van der Waals surface area contributed by atoms with Gasteiger partial charge < -0.3 is 14.8 Å². The highest BCUT2D eigenvalue weighted by atomic mass is 16.5. The van der Waals surface area contributed by atoms with Crippen LogP contribution in [0.3, 0.4) is 0 Å². The van der Waals surface area contributed by atoms with Gasteiger partial charge in [-0.2, -0.15) is 0 Å². The van der Waals surface area contributed by atoms with Crippen LogP contribution in [0.1, 0.15) is 20.8 Å². The highest BCUT2D eigenvalue weighted by Crippen LogP contribution is 1.94. The highest BCUT2D eigenvalue weighted by molar-refractivity contribution is 6.19. The predicted molar refractivity (Wildman–Crippen MR) is 62.9 cm³/mol. The van der Waals surface area contributed by atoms with Crippen LogP contribution in [-0.2, 0) is 14.3 Å². The summed E-state index contributed by atoms with van der Waals surface area (Å²) in [4.78, 5) is 11.2. The maximum absolute atomic E-state index is 11.2. The number of ether oxygens (including phenoxy) is 2. The van der Waals surface area contributed by atoms with Gasteiger partial charge in [0.2, 0.25) is 5.91 Å². The zero-order valence-electron chi connectivity index (χ0n) is 10.2. The molecule has 0 saturated heterocycles. The van der Waals surface area contributed by atoms with Crippen LogP contribution in [0.4, 0.5) is 0 Å². The Labute approximate surface area is 93.1 Å². The molecular weight excluding hydrogens is 193 g/mol. The largest absolute Gasteiger partial charge is 0.380 e. The third kappa shape index (κ3) is 8.45. The third-order valence-electron chi connectivity index (χ3n) is 1.84. The zero-order valence-corrected chi connectivity index (χ0v) is 10.2. The molecule has 0 heterocycles. The van der Waals surface area contributed by atoms with E-state index in [2.05, 4.69) is 5.32 Å². The molecule has 88 valence electrons. The number of amides is 1. The van der Waals surface area contributed by atoms with Gasteiger partial charge in [0, 0.05) is 6.61 Å². The SMILES string of the molecule is BCC(=O)NC(COCC)COC(C)C. The van der Waals surface area contributed by atoms with Crippen molar-refractivity contribution in [3.05, 3.63) is 0 Å². The van der Waals surface area contributed by atoms with Gasteiger partial charge in [-0.15, -0.1) is 0 Å². The number of carbonyl (C=O) groups excluding carboxylic acids is 1. The molecule has 0 radical (unpaired) electrons. The molecule has 1 N–H and O–H groups in total. The smallest absolute Gasteiger partial charge is 0.212 e. The fourth-order valence-electron chi connectivity index (χ4n) is 1.03. The maximum Gasteiger partial charge on any atom is 0.212 e. The van der Waals surface area contributed by atoms with Crippen LogP contribution >= 0.6 is 0 Å². The van der Waals surface area contributed by atoms with Crippen molar-refractivity contribution in [2.24, 2.45) is 0 Å². The van der Waals surface area contributed by atoms with Crippen molar-refractivity contribution < 1.29 is 14.3 Å². The fourth-order valence-corrected chi connectivity index (χ4v) is 1.03. The minimum atomic E-state index is -0.0419. The van der Waals surface area contributed by atoms with Gasteiger partial charge in [-0.05, 0) is 27.1 Å². The molecule has 5 heteroatoms. The molecule has 1 atom stereocenters. The molecule has 15 heavy (non-hydrogen) atoms. The molecule has 0 aliphatic heterocycles. The Balaban J connectivity index is 3.88. The van der Waals surface area contributed by atoms with Crippen molar-refractivity contribution in [3.8, 4) is 0 Å². The van der Waals surface area contributed by atoms with Crippen LogP contribution < -0.4 is 5.32 Å². The van der Waals surface area contributed by atoms with Crippen LogP contribution in [0.15, 0.2) is 0 Å². The van der Waals surface area contributed by atoms with E-state index in [-0.39, 0.29) is 18.1 Å². The first-order valence-corrected chi connectivity index (χ1v) is 5.58. The molecule has 0 fully saturated rings. The second-order valence-electron chi connectivity index (χ2n) is 3.66. The fraction of sp³-hybridized carbons (Fsp3) is 0.900. The number of carbonyl (C=O) groups is 1. The lowest BCUT2D eigenvalue weighted by Crippen LogP contribution is -2.41. The molecule has 0 aromatic rings. The van der Waals surface area contributed by atoms with Crippen molar-refractivity contribution in [1.29, 1.82) is 0 Å². The summed E-state index contributed by atoms with van der Waals surface area (Å²) in [6.07, 6.45) is 0.664. The summed E-state index contributed by atoms with van der Waals surface area (Å²) >= 11 is 0.